The van der Waals surface area contributed by atoms with E-state index in [1.54, 1.807) is 0 Å². The molecule has 0 aliphatic heterocycles. The van der Waals surface area contributed by atoms with Gasteiger partial charge in [0.1, 0.15) is 0 Å². The lowest BCUT2D eigenvalue weighted by molar-refractivity contribution is 0.793. The molecule has 16 rings (SSSR count). The summed E-state index contributed by atoms with van der Waals surface area (Å²) in [7, 11) is 0. The normalized spacial score (nSPS) is 13.8. The molecule has 78 heavy (non-hydrogen) atoms. The van der Waals surface area contributed by atoms with E-state index in [2.05, 4.69) is 313 Å². The predicted octanol–water partition coefficient (Wildman–Crippen LogP) is 19.5. The lowest BCUT2D eigenvalue weighted by Crippen LogP contribution is -2.26. The van der Waals surface area contributed by atoms with Gasteiger partial charge < -0.3 is 9.80 Å². The number of hydrogen-bond acceptors (Lipinski definition) is 2. The molecule has 0 saturated heterocycles. The van der Waals surface area contributed by atoms with Gasteiger partial charge in [0.15, 0.2) is 0 Å². The summed E-state index contributed by atoms with van der Waals surface area (Å²) in [5.74, 6) is 0. The van der Waals surface area contributed by atoms with E-state index in [1.165, 1.54) is 100 Å². The lowest BCUT2D eigenvalue weighted by Gasteiger charge is -2.32. The zero-order valence-corrected chi connectivity index (χ0v) is 42.8. The Morgan fingerprint density at radius 1 is 0.192 bits per heavy atom. The van der Waals surface area contributed by atoms with Crippen LogP contribution >= 0.6 is 0 Å². The number of anilines is 6. The standard InChI is InChI=1S/C76H50N2/c1-5-21-53(22-6-1)77(54-23-7-2-8-24-54)57-41-45-65-63-43-39-51(47-71(63)75(73(65)49-57)67-33-17-13-29-59(67)60-30-14-18-34-68(60)75)37-38-52-40-44-64-66-46-42-58(78(55-25-9-3-10-26-55)56-27-11-4-12-28-56)50-74(66)76(72(64)48-52)69-35-19-15-31-61(69)62-32-16-20-36-70(62)76/h1-50H/b38-37+. The molecule has 0 fully saturated rings. The summed E-state index contributed by atoms with van der Waals surface area (Å²) in [5, 5.41) is 0. The highest BCUT2D eigenvalue weighted by Gasteiger charge is 2.53. The van der Waals surface area contributed by atoms with E-state index in [-0.39, 0.29) is 0 Å². The molecule has 0 amide bonds. The van der Waals surface area contributed by atoms with E-state index in [4.69, 9.17) is 0 Å². The Balaban J connectivity index is 0.852. The molecule has 364 valence electrons. The maximum Gasteiger partial charge on any atom is 0.0726 e. The first-order chi connectivity index (χ1) is 38.7. The van der Waals surface area contributed by atoms with Gasteiger partial charge in [-0.3, -0.25) is 0 Å². The molecular formula is C76H50N2. The summed E-state index contributed by atoms with van der Waals surface area (Å²) >= 11 is 0. The van der Waals surface area contributed by atoms with Crippen LogP contribution in [0.1, 0.15) is 55.6 Å². The number of para-hydroxylation sites is 4. The van der Waals surface area contributed by atoms with Gasteiger partial charge in [-0.15, -0.1) is 0 Å². The topological polar surface area (TPSA) is 6.48 Å². The third kappa shape index (κ3) is 6.26. The highest BCUT2D eigenvalue weighted by molar-refractivity contribution is 5.99. The molecule has 0 unspecified atom stereocenters. The third-order valence-corrected chi connectivity index (χ3v) is 17.2. The molecule has 2 heteroatoms. The van der Waals surface area contributed by atoms with Crippen LogP contribution in [0.4, 0.5) is 34.1 Å². The molecule has 0 bridgehead atoms. The van der Waals surface area contributed by atoms with Crippen LogP contribution in [0.15, 0.2) is 291 Å². The Bertz CT molecular complexity index is 3930. The van der Waals surface area contributed by atoms with Gasteiger partial charge in [0.05, 0.1) is 10.8 Å². The fourth-order valence-electron chi connectivity index (χ4n) is 14.2. The van der Waals surface area contributed by atoms with E-state index in [9.17, 15) is 0 Å². The zero-order chi connectivity index (χ0) is 51.4. The van der Waals surface area contributed by atoms with Crippen molar-refractivity contribution in [1.29, 1.82) is 0 Å². The zero-order valence-electron chi connectivity index (χ0n) is 42.8. The van der Waals surface area contributed by atoms with Crippen LogP contribution in [-0.2, 0) is 10.8 Å². The van der Waals surface area contributed by atoms with Gasteiger partial charge in [-0.05, 0) is 185 Å². The van der Waals surface area contributed by atoms with Gasteiger partial charge >= 0.3 is 0 Å². The van der Waals surface area contributed by atoms with Crippen molar-refractivity contribution in [3.63, 3.8) is 0 Å². The summed E-state index contributed by atoms with van der Waals surface area (Å²) in [6.07, 6.45) is 4.68. The maximum absolute atomic E-state index is 2.48. The Labute approximate surface area is 455 Å². The molecular weight excluding hydrogens is 941 g/mol. The predicted molar refractivity (Wildman–Crippen MR) is 324 cm³/mol. The molecule has 0 atom stereocenters. The minimum Gasteiger partial charge on any atom is -0.310 e. The molecule has 12 aromatic carbocycles. The Morgan fingerprint density at radius 2 is 0.436 bits per heavy atom. The van der Waals surface area contributed by atoms with Gasteiger partial charge in [0.25, 0.3) is 0 Å². The molecule has 0 N–H and O–H groups in total. The van der Waals surface area contributed by atoms with Gasteiger partial charge in [-0.25, -0.2) is 0 Å². The summed E-state index contributed by atoms with van der Waals surface area (Å²) in [6, 6.07) is 108. The van der Waals surface area contributed by atoms with E-state index in [0.29, 0.717) is 0 Å². The molecule has 0 heterocycles. The van der Waals surface area contributed by atoms with Crippen molar-refractivity contribution in [2.45, 2.75) is 10.8 Å². The first kappa shape index (κ1) is 44.3. The Kier molecular flexibility index (Phi) is 9.80. The molecule has 2 spiro atoms. The van der Waals surface area contributed by atoms with Gasteiger partial charge in [0, 0.05) is 34.1 Å². The Hall–Kier alpha value is -10.0. The van der Waals surface area contributed by atoms with E-state index in [0.717, 1.165) is 34.1 Å². The van der Waals surface area contributed by atoms with Crippen molar-refractivity contribution >= 4 is 46.3 Å². The van der Waals surface area contributed by atoms with Gasteiger partial charge in [-0.1, -0.05) is 218 Å². The average Bonchev–Trinajstić information content (AvgIpc) is 2.66. The smallest absolute Gasteiger partial charge is 0.0726 e. The van der Waals surface area contributed by atoms with Gasteiger partial charge in [-0.2, -0.15) is 0 Å². The summed E-state index contributed by atoms with van der Waals surface area (Å²) in [6.45, 7) is 0. The monoisotopic (exact) mass is 990 g/mol. The quantitative estimate of drug-likeness (QED) is 0.140. The number of rotatable bonds is 8. The number of fused-ring (bicyclic) bond motifs is 20. The van der Waals surface area contributed by atoms with Crippen LogP contribution in [0, 0.1) is 0 Å². The Morgan fingerprint density at radius 3 is 0.744 bits per heavy atom. The summed E-state index contributed by atoms with van der Waals surface area (Å²) in [5.41, 5.74) is 28.9. The van der Waals surface area contributed by atoms with Crippen molar-refractivity contribution in [1.82, 2.24) is 0 Å². The summed E-state index contributed by atoms with van der Waals surface area (Å²) < 4.78 is 0. The molecule has 4 aliphatic rings. The van der Waals surface area contributed by atoms with Crippen LogP contribution < -0.4 is 9.80 Å². The second kappa shape index (κ2) is 17.3. The second-order valence-electron chi connectivity index (χ2n) is 21.1. The fourth-order valence-corrected chi connectivity index (χ4v) is 14.2. The molecule has 0 saturated carbocycles. The molecule has 0 aromatic heterocycles. The number of nitrogens with zero attached hydrogens (tertiary/aromatic N) is 2. The number of benzene rings is 12. The highest BCUT2D eigenvalue weighted by Crippen LogP contribution is 2.65. The van der Waals surface area contributed by atoms with Crippen molar-refractivity contribution in [2.24, 2.45) is 0 Å². The SMILES string of the molecule is C(=C\c1ccc2c(c1)C1(c3ccccc3-c3ccccc31)c1cc(N(c3ccccc3)c3ccccc3)ccc1-2)/c1ccc2c(c1)C1(c3ccccc3-c3ccccc31)c1cc(N(c3ccccc3)c3ccccc3)ccc1-2. The van der Waals surface area contributed by atoms with Crippen LogP contribution in [0.5, 0.6) is 0 Å². The highest BCUT2D eigenvalue weighted by atomic mass is 15.1. The van der Waals surface area contributed by atoms with Crippen molar-refractivity contribution in [3.8, 4) is 44.5 Å². The first-order valence-electron chi connectivity index (χ1n) is 27.2. The van der Waals surface area contributed by atoms with Gasteiger partial charge in [0.2, 0.25) is 0 Å². The van der Waals surface area contributed by atoms with Crippen molar-refractivity contribution in [2.75, 3.05) is 9.80 Å². The fraction of sp³-hybridized carbons (Fsp3) is 0.0263. The molecule has 2 nitrogen and oxygen atoms in total. The average molecular weight is 991 g/mol. The number of hydrogen-bond donors (Lipinski definition) is 0. The molecule has 0 radical (unpaired) electrons. The minimum atomic E-state index is -0.527. The van der Waals surface area contributed by atoms with Crippen LogP contribution in [0.25, 0.3) is 56.7 Å². The second-order valence-corrected chi connectivity index (χ2v) is 21.1. The van der Waals surface area contributed by atoms with E-state index >= 15 is 0 Å². The largest absolute Gasteiger partial charge is 0.310 e. The van der Waals surface area contributed by atoms with Crippen molar-refractivity contribution < 1.29 is 0 Å². The van der Waals surface area contributed by atoms with E-state index in [1.807, 2.05) is 0 Å². The van der Waals surface area contributed by atoms with Crippen LogP contribution in [0.3, 0.4) is 0 Å². The first-order valence-corrected chi connectivity index (χ1v) is 27.2. The molecule has 12 aromatic rings. The minimum absolute atomic E-state index is 0.527. The maximum atomic E-state index is 2.48. The third-order valence-electron chi connectivity index (χ3n) is 17.2. The molecule has 4 aliphatic carbocycles. The van der Waals surface area contributed by atoms with Crippen molar-refractivity contribution in [3.05, 3.63) is 347 Å². The lowest BCUT2D eigenvalue weighted by atomic mass is 9.70. The summed E-state index contributed by atoms with van der Waals surface area (Å²) in [4.78, 5) is 4.78. The van der Waals surface area contributed by atoms with E-state index < -0.39 is 10.8 Å². The van der Waals surface area contributed by atoms with Crippen LogP contribution in [-0.4, -0.2) is 0 Å². The van der Waals surface area contributed by atoms with Crippen LogP contribution in [0.2, 0.25) is 0 Å².